The van der Waals surface area contributed by atoms with Gasteiger partial charge in [0, 0.05) is 5.69 Å². The Bertz CT molecular complexity index is 492. The molecule has 0 saturated heterocycles. The summed E-state index contributed by atoms with van der Waals surface area (Å²) >= 11 is 0. The van der Waals surface area contributed by atoms with Crippen molar-refractivity contribution in [2.45, 2.75) is 50.9 Å². The molecule has 1 unspecified atom stereocenters. The maximum absolute atomic E-state index is 12.2. The normalized spacial score (nSPS) is 22.4. The second-order valence-electron chi connectivity index (χ2n) is 6.08. The van der Waals surface area contributed by atoms with Crippen LogP contribution in [0.3, 0.4) is 0 Å². The minimum atomic E-state index is 0.0158. The van der Waals surface area contributed by atoms with E-state index in [1.807, 2.05) is 18.2 Å². The molecule has 1 aliphatic heterocycles. The smallest absolute Gasteiger partial charge is 0.232 e. The van der Waals surface area contributed by atoms with Crippen molar-refractivity contribution < 1.29 is 9.53 Å². The molecule has 1 saturated carbocycles. The quantitative estimate of drug-likeness (QED) is 0.897. The summed E-state index contributed by atoms with van der Waals surface area (Å²) < 4.78 is 5.28. The molecule has 2 aliphatic rings. The van der Waals surface area contributed by atoms with Crippen molar-refractivity contribution in [1.29, 1.82) is 0 Å². The van der Waals surface area contributed by atoms with Crippen molar-refractivity contribution in [3.8, 4) is 5.75 Å². The number of methoxy groups -OCH3 is 1. The first-order chi connectivity index (χ1) is 9.78. The van der Waals surface area contributed by atoms with Crippen LogP contribution in [0.1, 0.15) is 56.4 Å². The molecule has 3 rings (SSSR count). The number of hydrogen-bond acceptors (Lipinski definition) is 2. The Balaban J connectivity index is 1.69. The van der Waals surface area contributed by atoms with Gasteiger partial charge in [-0.05, 0) is 42.5 Å². The highest BCUT2D eigenvalue weighted by atomic mass is 16.5. The first kappa shape index (κ1) is 13.5. The number of carbonyl (C=O) groups is 1. The van der Waals surface area contributed by atoms with Crippen LogP contribution in [0.5, 0.6) is 5.75 Å². The number of benzene rings is 1. The van der Waals surface area contributed by atoms with Crippen molar-refractivity contribution >= 4 is 11.6 Å². The fourth-order valence-corrected chi connectivity index (χ4v) is 3.60. The summed E-state index contributed by atoms with van der Waals surface area (Å²) in [5.41, 5.74) is 2.08. The minimum Gasteiger partial charge on any atom is -0.497 e. The first-order valence-corrected chi connectivity index (χ1v) is 7.76. The van der Waals surface area contributed by atoms with Crippen LogP contribution in [0.15, 0.2) is 18.2 Å². The molecule has 0 radical (unpaired) electrons. The van der Waals surface area contributed by atoms with Gasteiger partial charge in [0.25, 0.3) is 0 Å². The van der Waals surface area contributed by atoms with Crippen LogP contribution in [0.4, 0.5) is 5.69 Å². The van der Waals surface area contributed by atoms with E-state index in [9.17, 15) is 4.79 Å². The molecule has 1 N–H and O–H groups in total. The summed E-state index contributed by atoms with van der Waals surface area (Å²) in [5.74, 6) is 1.83. The molecule has 0 aromatic heterocycles. The molecular formula is C17H23NO2. The summed E-state index contributed by atoms with van der Waals surface area (Å²) in [6.45, 7) is 0. The molecule has 3 heteroatoms. The van der Waals surface area contributed by atoms with Crippen molar-refractivity contribution in [3.05, 3.63) is 23.8 Å². The van der Waals surface area contributed by atoms with E-state index in [-0.39, 0.29) is 11.8 Å². The number of fused-ring (bicyclic) bond motifs is 1. The Hall–Kier alpha value is -1.51. The molecule has 1 atom stereocenters. The highest BCUT2D eigenvalue weighted by Crippen LogP contribution is 2.39. The molecular weight excluding hydrogens is 250 g/mol. The van der Waals surface area contributed by atoms with Gasteiger partial charge in [-0.2, -0.15) is 0 Å². The lowest BCUT2D eigenvalue weighted by Crippen LogP contribution is -2.14. The molecule has 1 amide bonds. The van der Waals surface area contributed by atoms with E-state index >= 15 is 0 Å². The highest BCUT2D eigenvalue weighted by Gasteiger charge is 2.31. The van der Waals surface area contributed by atoms with E-state index in [1.54, 1.807) is 7.11 Å². The Morgan fingerprint density at radius 3 is 2.75 bits per heavy atom. The van der Waals surface area contributed by atoms with Crippen LogP contribution in [0.25, 0.3) is 0 Å². The van der Waals surface area contributed by atoms with Gasteiger partial charge in [-0.25, -0.2) is 0 Å². The molecule has 1 aromatic carbocycles. The molecule has 1 heterocycles. The van der Waals surface area contributed by atoms with Crippen LogP contribution in [0, 0.1) is 5.92 Å². The first-order valence-electron chi connectivity index (χ1n) is 7.76. The van der Waals surface area contributed by atoms with Crippen molar-refractivity contribution in [2.24, 2.45) is 5.92 Å². The Morgan fingerprint density at radius 2 is 2.00 bits per heavy atom. The number of nitrogens with one attached hydrogen (secondary N) is 1. The third-order valence-electron chi connectivity index (χ3n) is 4.80. The predicted octanol–water partition coefficient (Wildman–Crippen LogP) is 4.09. The van der Waals surface area contributed by atoms with E-state index in [0.29, 0.717) is 0 Å². The zero-order valence-electron chi connectivity index (χ0n) is 12.2. The second kappa shape index (κ2) is 5.86. The van der Waals surface area contributed by atoms with Crippen LogP contribution < -0.4 is 10.1 Å². The Morgan fingerprint density at radius 1 is 1.20 bits per heavy atom. The van der Waals surface area contributed by atoms with Crippen molar-refractivity contribution in [1.82, 2.24) is 0 Å². The third-order valence-corrected chi connectivity index (χ3v) is 4.80. The van der Waals surface area contributed by atoms with Gasteiger partial charge < -0.3 is 10.1 Å². The van der Waals surface area contributed by atoms with Gasteiger partial charge in [0.2, 0.25) is 5.91 Å². The van der Waals surface area contributed by atoms with Gasteiger partial charge in [0.15, 0.2) is 0 Å². The lowest BCUT2D eigenvalue weighted by Gasteiger charge is -2.22. The van der Waals surface area contributed by atoms with Crippen molar-refractivity contribution in [2.75, 3.05) is 12.4 Å². The topological polar surface area (TPSA) is 38.3 Å². The largest absolute Gasteiger partial charge is 0.497 e. The zero-order chi connectivity index (χ0) is 13.9. The average molecular weight is 273 g/mol. The van der Waals surface area contributed by atoms with Crippen molar-refractivity contribution in [3.63, 3.8) is 0 Å². The molecule has 1 fully saturated rings. The minimum absolute atomic E-state index is 0.0158. The standard InChI is InChI=1S/C17H23NO2/c1-20-13-8-10-16-15(11-13)14(17(19)18-16)9-7-12-5-3-2-4-6-12/h8,10-12,14H,2-7,9H2,1H3,(H,18,19). The molecule has 1 aromatic rings. The van der Waals surface area contributed by atoms with Gasteiger partial charge >= 0.3 is 0 Å². The molecule has 20 heavy (non-hydrogen) atoms. The number of ether oxygens (including phenoxy) is 1. The number of amides is 1. The summed E-state index contributed by atoms with van der Waals surface area (Å²) in [4.78, 5) is 12.2. The van der Waals surface area contributed by atoms with Gasteiger partial charge in [-0.3, -0.25) is 4.79 Å². The number of rotatable bonds is 4. The van der Waals surface area contributed by atoms with Gasteiger partial charge in [0.1, 0.15) is 5.75 Å². The summed E-state index contributed by atoms with van der Waals surface area (Å²) in [6, 6.07) is 5.87. The maximum Gasteiger partial charge on any atom is 0.232 e. The Kier molecular flexibility index (Phi) is 3.95. The molecule has 3 nitrogen and oxygen atoms in total. The molecule has 0 bridgehead atoms. The van der Waals surface area contributed by atoms with Crippen LogP contribution in [-0.2, 0) is 4.79 Å². The van der Waals surface area contributed by atoms with Gasteiger partial charge in [0.05, 0.1) is 13.0 Å². The SMILES string of the molecule is COc1ccc2c(c1)C(CCC1CCCCC1)C(=O)N2. The predicted molar refractivity (Wildman–Crippen MR) is 80.2 cm³/mol. The van der Waals surface area contributed by atoms with E-state index in [2.05, 4.69) is 5.32 Å². The lowest BCUT2D eigenvalue weighted by atomic mass is 9.83. The molecule has 1 aliphatic carbocycles. The molecule has 108 valence electrons. The van der Waals surface area contributed by atoms with Crippen LogP contribution in [-0.4, -0.2) is 13.0 Å². The fourth-order valence-electron chi connectivity index (χ4n) is 3.60. The maximum atomic E-state index is 12.2. The van der Waals surface area contributed by atoms with E-state index < -0.39 is 0 Å². The average Bonchev–Trinajstić information content (AvgIpc) is 2.80. The fraction of sp³-hybridized carbons (Fsp3) is 0.588. The number of hydrogen-bond donors (Lipinski definition) is 1. The zero-order valence-corrected chi connectivity index (χ0v) is 12.2. The molecule has 0 spiro atoms. The van der Waals surface area contributed by atoms with Crippen LogP contribution in [0.2, 0.25) is 0 Å². The lowest BCUT2D eigenvalue weighted by molar-refractivity contribution is -0.117. The van der Waals surface area contributed by atoms with Gasteiger partial charge in [-0.1, -0.05) is 32.1 Å². The number of anilines is 1. The van der Waals surface area contributed by atoms with E-state index in [1.165, 1.54) is 38.5 Å². The summed E-state index contributed by atoms with van der Waals surface area (Å²) in [7, 11) is 1.67. The van der Waals surface area contributed by atoms with Crippen LogP contribution >= 0.6 is 0 Å². The third kappa shape index (κ3) is 2.67. The summed E-state index contributed by atoms with van der Waals surface area (Å²) in [6.07, 6.45) is 8.96. The number of carbonyl (C=O) groups excluding carboxylic acids is 1. The highest BCUT2D eigenvalue weighted by molar-refractivity contribution is 6.03. The Labute approximate surface area is 120 Å². The van der Waals surface area contributed by atoms with E-state index in [0.717, 1.165) is 29.3 Å². The summed E-state index contributed by atoms with van der Waals surface area (Å²) in [5, 5.41) is 2.99. The van der Waals surface area contributed by atoms with Gasteiger partial charge in [-0.15, -0.1) is 0 Å². The second-order valence-corrected chi connectivity index (χ2v) is 6.08. The monoisotopic (exact) mass is 273 g/mol. The van der Waals surface area contributed by atoms with E-state index in [4.69, 9.17) is 4.74 Å².